The number of aromatic nitrogens is 3. The Morgan fingerprint density at radius 1 is 1.14 bits per heavy atom. The van der Waals surface area contributed by atoms with E-state index in [0.717, 1.165) is 33.5 Å². The first kappa shape index (κ1) is 11.9. The number of nitrogens with zero attached hydrogens (tertiary/aromatic N) is 3. The first-order valence-electron chi connectivity index (χ1n) is 6.74. The molecule has 102 valence electrons. The molecule has 0 saturated heterocycles. The Labute approximate surface area is 121 Å². The second-order valence-electron chi connectivity index (χ2n) is 4.99. The number of aryl methyl sites for hydroxylation is 1. The van der Waals surface area contributed by atoms with E-state index in [1.165, 1.54) is 0 Å². The molecule has 4 nitrogen and oxygen atoms in total. The van der Waals surface area contributed by atoms with Crippen LogP contribution >= 0.6 is 0 Å². The second-order valence-corrected chi connectivity index (χ2v) is 4.99. The molecule has 0 aliphatic heterocycles. The quantitative estimate of drug-likeness (QED) is 0.555. The predicted octanol–water partition coefficient (Wildman–Crippen LogP) is 3.99. The maximum absolute atomic E-state index is 5.46. The first-order valence-corrected chi connectivity index (χ1v) is 6.74. The van der Waals surface area contributed by atoms with Crippen LogP contribution in [0.1, 0.15) is 5.69 Å². The van der Waals surface area contributed by atoms with Gasteiger partial charge >= 0.3 is 0 Å². The number of benzene rings is 1. The van der Waals surface area contributed by atoms with Gasteiger partial charge in [0.1, 0.15) is 5.58 Å². The molecule has 0 aliphatic carbocycles. The smallest absolute Gasteiger partial charge is 0.134 e. The Kier molecular flexibility index (Phi) is 2.60. The first-order chi connectivity index (χ1) is 10.3. The van der Waals surface area contributed by atoms with E-state index in [4.69, 9.17) is 4.42 Å². The van der Waals surface area contributed by atoms with Crippen molar-refractivity contribution in [2.45, 2.75) is 6.92 Å². The zero-order chi connectivity index (χ0) is 14.2. The SMILES string of the molecule is Cc1cn(-c2cncc(-c3cccc4occc34)c2)cn1. The molecule has 0 atom stereocenters. The molecule has 3 heterocycles. The molecule has 0 bridgehead atoms. The molecule has 0 unspecified atom stereocenters. The molecule has 4 rings (SSSR count). The average molecular weight is 275 g/mol. The van der Waals surface area contributed by atoms with Gasteiger partial charge in [0.05, 0.1) is 30.2 Å². The molecule has 3 aromatic heterocycles. The van der Waals surface area contributed by atoms with Gasteiger partial charge in [-0.3, -0.25) is 4.98 Å². The monoisotopic (exact) mass is 275 g/mol. The lowest BCUT2D eigenvalue weighted by Crippen LogP contribution is -1.92. The van der Waals surface area contributed by atoms with Gasteiger partial charge in [0.25, 0.3) is 0 Å². The van der Waals surface area contributed by atoms with Crippen LogP contribution in [0, 0.1) is 6.92 Å². The highest BCUT2D eigenvalue weighted by Crippen LogP contribution is 2.29. The second kappa shape index (κ2) is 4.59. The standard InChI is InChI=1S/C17H13N3O/c1-12-10-20(11-19-12)14-7-13(8-18-9-14)15-3-2-4-17-16(15)5-6-21-17/h2-11H,1H3. The zero-order valence-corrected chi connectivity index (χ0v) is 11.5. The topological polar surface area (TPSA) is 43.9 Å². The summed E-state index contributed by atoms with van der Waals surface area (Å²) in [6, 6.07) is 10.1. The van der Waals surface area contributed by atoms with Crippen molar-refractivity contribution in [3.8, 4) is 16.8 Å². The number of rotatable bonds is 2. The Morgan fingerprint density at radius 3 is 2.95 bits per heavy atom. The van der Waals surface area contributed by atoms with Crippen LogP contribution in [0.5, 0.6) is 0 Å². The van der Waals surface area contributed by atoms with Crippen LogP contribution in [0.2, 0.25) is 0 Å². The van der Waals surface area contributed by atoms with E-state index in [0.29, 0.717) is 0 Å². The van der Waals surface area contributed by atoms with Gasteiger partial charge in [0.15, 0.2) is 0 Å². The van der Waals surface area contributed by atoms with E-state index >= 15 is 0 Å². The van der Waals surface area contributed by atoms with Crippen molar-refractivity contribution in [1.29, 1.82) is 0 Å². The Bertz CT molecular complexity index is 920. The number of furan rings is 1. The van der Waals surface area contributed by atoms with Gasteiger partial charge in [-0.15, -0.1) is 0 Å². The van der Waals surface area contributed by atoms with E-state index in [2.05, 4.69) is 22.1 Å². The molecular weight excluding hydrogens is 262 g/mol. The normalized spacial score (nSPS) is 11.1. The number of hydrogen-bond acceptors (Lipinski definition) is 3. The van der Waals surface area contributed by atoms with Crippen molar-refractivity contribution < 1.29 is 4.42 Å². The summed E-state index contributed by atoms with van der Waals surface area (Å²) in [6.07, 6.45) is 9.20. The van der Waals surface area contributed by atoms with Crippen molar-refractivity contribution in [1.82, 2.24) is 14.5 Å². The molecule has 0 saturated carbocycles. The van der Waals surface area contributed by atoms with Gasteiger partial charge in [-0.25, -0.2) is 4.98 Å². The number of imidazole rings is 1. The minimum Gasteiger partial charge on any atom is -0.464 e. The molecule has 1 aromatic carbocycles. The van der Waals surface area contributed by atoms with Crippen LogP contribution in [-0.4, -0.2) is 14.5 Å². The minimum atomic E-state index is 0.886. The van der Waals surface area contributed by atoms with E-state index in [-0.39, 0.29) is 0 Å². The fraction of sp³-hybridized carbons (Fsp3) is 0.0588. The van der Waals surface area contributed by atoms with E-state index in [1.807, 2.05) is 48.3 Å². The Morgan fingerprint density at radius 2 is 2.10 bits per heavy atom. The summed E-state index contributed by atoms with van der Waals surface area (Å²) in [5.41, 5.74) is 5.04. The molecule has 0 spiro atoms. The third-order valence-electron chi connectivity index (χ3n) is 3.54. The lowest BCUT2D eigenvalue weighted by atomic mass is 10.0. The fourth-order valence-electron chi connectivity index (χ4n) is 2.52. The van der Waals surface area contributed by atoms with Crippen LogP contribution in [0.15, 0.2) is 65.9 Å². The zero-order valence-electron chi connectivity index (χ0n) is 11.5. The third kappa shape index (κ3) is 2.01. The van der Waals surface area contributed by atoms with Gasteiger partial charge in [-0.2, -0.15) is 0 Å². The van der Waals surface area contributed by atoms with E-state index < -0.39 is 0 Å². The molecule has 0 aliphatic rings. The van der Waals surface area contributed by atoms with Crippen molar-refractivity contribution in [2.24, 2.45) is 0 Å². The summed E-state index contributed by atoms with van der Waals surface area (Å²) < 4.78 is 7.44. The van der Waals surface area contributed by atoms with Gasteiger partial charge in [0, 0.05) is 23.3 Å². The van der Waals surface area contributed by atoms with Crippen molar-refractivity contribution >= 4 is 11.0 Å². The van der Waals surface area contributed by atoms with Crippen molar-refractivity contribution in [3.05, 3.63) is 67.2 Å². The van der Waals surface area contributed by atoms with Gasteiger partial charge in [-0.1, -0.05) is 12.1 Å². The Balaban J connectivity index is 1.88. The maximum Gasteiger partial charge on any atom is 0.134 e. The number of pyridine rings is 1. The highest BCUT2D eigenvalue weighted by Gasteiger charge is 2.07. The van der Waals surface area contributed by atoms with Crippen LogP contribution in [0.4, 0.5) is 0 Å². The summed E-state index contributed by atoms with van der Waals surface area (Å²) in [5, 5.41) is 1.10. The van der Waals surface area contributed by atoms with Crippen molar-refractivity contribution in [3.63, 3.8) is 0 Å². The van der Waals surface area contributed by atoms with E-state index in [9.17, 15) is 0 Å². The highest BCUT2D eigenvalue weighted by atomic mass is 16.3. The van der Waals surface area contributed by atoms with Gasteiger partial charge in [0.2, 0.25) is 0 Å². The maximum atomic E-state index is 5.46. The summed E-state index contributed by atoms with van der Waals surface area (Å²) in [5.74, 6) is 0. The largest absolute Gasteiger partial charge is 0.464 e. The average Bonchev–Trinajstić information content (AvgIpc) is 3.15. The molecule has 4 aromatic rings. The van der Waals surface area contributed by atoms with Gasteiger partial charge in [-0.05, 0) is 30.7 Å². The molecule has 4 heteroatoms. The molecule has 0 N–H and O–H groups in total. The highest BCUT2D eigenvalue weighted by molar-refractivity contribution is 5.93. The van der Waals surface area contributed by atoms with Gasteiger partial charge < -0.3 is 8.98 Å². The third-order valence-corrected chi connectivity index (χ3v) is 3.54. The molecular formula is C17H13N3O. The lowest BCUT2D eigenvalue weighted by molar-refractivity contribution is 0.616. The van der Waals surface area contributed by atoms with Crippen LogP contribution in [-0.2, 0) is 0 Å². The van der Waals surface area contributed by atoms with Crippen LogP contribution in [0.3, 0.4) is 0 Å². The fourth-order valence-corrected chi connectivity index (χ4v) is 2.52. The molecule has 0 fully saturated rings. The summed E-state index contributed by atoms with van der Waals surface area (Å²) in [6.45, 7) is 1.97. The van der Waals surface area contributed by atoms with Crippen molar-refractivity contribution in [2.75, 3.05) is 0 Å². The molecule has 21 heavy (non-hydrogen) atoms. The summed E-state index contributed by atoms with van der Waals surface area (Å²) in [7, 11) is 0. The van der Waals surface area contributed by atoms with Crippen LogP contribution in [0.25, 0.3) is 27.8 Å². The summed E-state index contributed by atoms with van der Waals surface area (Å²) in [4.78, 5) is 8.62. The predicted molar refractivity (Wildman–Crippen MR) is 81.3 cm³/mol. The Hall–Kier alpha value is -2.88. The molecule has 0 amide bonds. The van der Waals surface area contributed by atoms with E-state index in [1.54, 1.807) is 12.6 Å². The summed E-state index contributed by atoms with van der Waals surface area (Å²) >= 11 is 0. The number of fused-ring (bicyclic) bond motifs is 1. The van der Waals surface area contributed by atoms with Crippen LogP contribution < -0.4 is 0 Å². The minimum absolute atomic E-state index is 0.886. The molecule has 0 radical (unpaired) electrons. The lowest BCUT2D eigenvalue weighted by Gasteiger charge is -2.06. The number of hydrogen-bond donors (Lipinski definition) is 0.